The number of pyridine rings is 1. The quantitative estimate of drug-likeness (QED) is 0.863. The summed E-state index contributed by atoms with van der Waals surface area (Å²) in [6, 6.07) is 3.57. The van der Waals surface area contributed by atoms with Crippen LogP contribution in [0.5, 0.6) is 0 Å². The first-order valence-electron chi connectivity index (χ1n) is 5.03. The second-order valence-corrected chi connectivity index (χ2v) is 4.24. The fraction of sp³-hybridized carbons (Fsp3) is 0.0909. The fourth-order valence-electron chi connectivity index (χ4n) is 1.23. The Hall–Kier alpha value is -2.28. The van der Waals surface area contributed by atoms with Crippen LogP contribution in [0.4, 0.5) is 0 Å². The standard InChI is InChI=1S/C11H9N3O3S/c15-9(10-14-8(6-18-10)11(16)17)13-5-7-1-3-12-4-2-7/h1-4,6H,5H2,(H,13,15)(H,16,17). The molecular weight excluding hydrogens is 254 g/mol. The van der Waals surface area contributed by atoms with Gasteiger partial charge in [-0.3, -0.25) is 9.78 Å². The van der Waals surface area contributed by atoms with Gasteiger partial charge in [-0.2, -0.15) is 0 Å². The number of carboxylic acids is 1. The summed E-state index contributed by atoms with van der Waals surface area (Å²) >= 11 is 1.00. The molecule has 0 saturated heterocycles. The summed E-state index contributed by atoms with van der Waals surface area (Å²) in [6.45, 7) is 0.351. The highest BCUT2D eigenvalue weighted by Crippen LogP contribution is 2.09. The van der Waals surface area contributed by atoms with E-state index >= 15 is 0 Å². The van der Waals surface area contributed by atoms with Gasteiger partial charge in [0, 0.05) is 24.3 Å². The zero-order valence-corrected chi connectivity index (χ0v) is 9.98. The van der Waals surface area contributed by atoms with E-state index in [1.165, 1.54) is 5.38 Å². The van der Waals surface area contributed by atoms with Crippen molar-refractivity contribution in [1.29, 1.82) is 0 Å². The maximum atomic E-state index is 11.7. The van der Waals surface area contributed by atoms with Crippen LogP contribution in [0.25, 0.3) is 0 Å². The minimum atomic E-state index is -1.14. The first-order valence-corrected chi connectivity index (χ1v) is 5.90. The topological polar surface area (TPSA) is 92.2 Å². The zero-order valence-electron chi connectivity index (χ0n) is 9.16. The van der Waals surface area contributed by atoms with Crippen LogP contribution < -0.4 is 5.32 Å². The molecule has 6 nitrogen and oxygen atoms in total. The number of thiazole rings is 1. The molecule has 2 N–H and O–H groups in total. The van der Waals surface area contributed by atoms with Crippen LogP contribution in [-0.2, 0) is 6.54 Å². The lowest BCUT2D eigenvalue weighted by Gasteiger charge is -2.02. The van der Waals surface area contributed by atoms with Gasteiger partial charge in [0.25, 0.3) is 5.91 Å². The van der Waals surface area contributed by atoms with Crippen molar-refractivity contribution in [2.45, 2.75) is 6.54 Å². The number of carbonyl (C=O) groups is 2. The van der Waals surface area contributed by atoms with Gasteiger partial charge in [-0.25, -0.2) is 9.78 Å². The van der Waals surface area contributed by atoms with E-state index in [0.717, 1.165) is 16.9 Å². The molecule has 0 saturated carbocycles. The molecular formula is C11H9N3O3S. The molecule has 92 valence electrons. The predicted molar refractivity (Wildman–Crippen MR) is 64.5 cm³/mol. The Labute approximate surface area is 106 Å². The third-order valence-electron chi connectivity index (χ3n) is 2.12. The number of aromatic carboxylic acids is 1. The van der Waals surface area contributed by atoms with Crippen LogP contribution in [0.2, 0.25) is 0 Å². The third-order valence-corrected chi connectivity index (χ3v) is 2.96. The van der Waals surface area contributed by atoms with Crippen molar-refractivity contribution in [2.24, 2.45) is 0 Å². The molecule has 7 heteroatoms. The number of amides is 1. The summed E-state index contributed by atoms with van der Waals surface area (Å²) in [4.78, 5) is 29.9. The van der Waals surface area contributed by atoms with Crippen molar-refractivity contribution in [1.82, 2.24) is 15.3 Å². The number of carbonyl (C=O) groups excluding carboxylic acids is 1. The monoisotopic (exact) mass is 263 g/mol. The zero-order chi connectivity index (χ0) is 13.0. The van der Waals surface area contributed by atoms with Gasteiger partial charge in [0.2, 0.25) is 0 Å². The molecule has 0 atom stereocenters. The molecule has 2 rings (SSSR count). The summed E-state index contributed by atoms with van der Waals surface area (Å²) in [5.74, 6) is -1.52. The summed E-state index contributed by atoms with van der Waals surface area (Å²) in [6.07, 6.45) is 3.26. The van der Waals surface area contributed by atoms with E-state index in [9.17, 15) is 9.59 Å². The highest BCUT2D eigenvalue weighted by molar-refractivity contribution is 7.11. The Bertz CT molecular complexity index is 568. The lowest BCUT2D eigenvalue weighted by molar-refractivity contribution is 0.0691. The number of hydrogen-bond donors (Lipinski definition) is 2. The Morgan fingerprint density at radius 3 is 2.67 bits per heavy atom. The molecule has 0 aliphatic carbocycles. The molecule has 0 bridgehead atoms. The van der Waals surface area contributed by atoms with Gasteiger partial charge in [-0.15, -0.1) is 11.3 Å². The molecule has 1 amide bonds. The molecule has 2 aromatic rings. The van der Waals surface area contributed by atoms with E-state index in [2.05, 4.69) is 15.3 Å². The predicted octanol–water partition coefficient (Wildman–Crippen LogP) is 1.17. The lowest BCUT2D eigenvalue weighted by atomic mass is 10.3. The molecule has 0 unspecified atom stereocenters. The summed E-state index contributed by atoms with van der Waals surface area (Å²) < 4.78 is 0. The third kappa shape index (κ3) is 2.89. The average molecular weight is 263 g/mol. The molecule has 2 aromatic heterocycles. The van der Waals surface area contributed by atoms with Crippen LogP contribution in [0.3, 0.4) is 0 Å². The molecule has 0 spiro atoms. The molecule has 18 heavy (non-hydrogen) atoms. The average Bonchev–Trinajstić information content (AvgIpc) is 2.87. The van der Waals surface area contributed by atoms with E-state index in [0.29, 0.717) is 6.54 Å². The van der Waals surface area contributed by atoms with Crippen LogP contribution >= 0.6 is 11.3 Å². The number of rotatable bonds is 4. The second-order valence-electron chi connectivity index (χ2n) is 3.38. The van der Waals surface area contributed by atoms with Gasteiger partial charge in [0.1, 0.15) is 0 Å². The Morgan fingerprint density at radius 2 is 2.06 bits per heavy atom. The van der Waals surface area contributed by atoms with Crippen molar-refractivity contribution >= 4 is 23.2 Å². The second kappa shape index (κ2) is 5.37. The minimum Gasteiger partial charge on any atom is -0.476 e. The van der Waals surface area contributed by atoms with Crippen molar-refractivity contribution in [2.75, 3.05) is 0 Å². The Balaban J connectivity index is 1.97. The maximum Gasteiger partial charge on any atom is 0.355 e. The molecule has 0 fully saturated rings. The minimum absolute atomic E-state index is 0.117. The van der Waals surface area contributed by atoms with Crippen molar-refractivity contribution in [3.8, 4) is 0 Å². The van der Waals surface area contributed by atoms with E-state index in [1.54, 1.807) is 24.5 Å². The van der Waals surface area contributed by atoms with E-state index in [-0.39, 0.29) is 16.6 Å². The number of hydrogen-bond acceptors (Lipinski definition) is 5. The summed E-state index contributed by atoms with van der Waals surface area (Å²) in [5.41, 5.74) is 0.794. The van der Waals surface area contributed by atoms with Crippen molar-refractivity contribution in [3.63, 3.8) is 0 Å². The molecule has 0 aliphatic rings. The molecule has 0 radical (unpaired) electrons. The van der Waals surface area contributed by atoms with Gasteiger partial charge < -0.3 is 10.4 Å². The number of carboxylic acid groups (broad SMARTS) is 1. The Morgan fingerprint density at radius 1 is 1.33 bits per heavy atom. The normalized spacial score (nSPS) is 10.0. The summed E-state index contributed by atoms with van der Waals surface area (Å²) in [7, 11) is 0. The van der Waals surface area contributed by atoms with Crippen LogP contribution in [0.1, 0.15) is 25.9 Å². The number of nitrogens with one attached hydrogen (secondary N) is 1. The van der Waals surface area contributed by atoms with E-state index in [4.69, 9.17) is 5.11 Å². The Kier molecular flexibility index (Phi) is 3.63. The number of nitrogens with zero attached hydrogens (tertiary/aromatic N) is 2. The molecule has 0 aromatic carbocycles. The smallest absolute Gasteiger partial charge is 0.355 e. The van der Waals surface area contributed by atoms with Gasteiger partial charge >= 0.3 is 5.97 Å². The first-order chi connectivity index (χ1) is 8.66. The van der Waals surface area contributed by atoms with Crippen molar-refractivity contribution < 1.29 is 14.7 Å². The van der Waals surface area contributed by atoms with Gasteiger partial charge in [-0.1, -0.05) is 0 Å². The highest BCUT2D eigenvalue weighted by atomic mass is 32.1. The largest absolute Gasteiger partial charge is 0.476 e. The van der Waals surface area contributed by atoms with Gasteiger partial charge in [0.05, 0.1) is 0 Å². The SMILES string of the molecule is O=C(O)c1csc(C(=O)NCc2ccncc2)n1. The lowest BCUT2D eigenvalue weighted by Crippen LogP contribution is -2.22. The van der Waals surface area contributed by atoms with Gasteiger partial charge in [-0.05, 0) is 17.7 Å². The maximum absolute atomic E-state index is 11.7. The fourth-order valence-corrected chi connectivity index (χ4v) is 1.94. The molecule has 0 aliphatic heterocycles. The highest BCUT2D eigenvalue weighted by Gasteiger charge is 2.14. The van der Waals surface area contributed by atoms with Crippen LogP contribution in [-0.4, -0.2) is 27.0 Å². The van der Waals surface area contributed by atoms with Crippen molar-refractivity contribution in [3.05, 3.63) is 46.2 Å². The number of aromatic nitrogens is 2. The summed E-state index contributed by atoms with van der Waals surface area (Å²) in [5, 5.41) is 12.8. The van der Waals surface area contributed by atoms with Gasteiger partial charge in [0.15, 0.2) is 10.7 Å². The van der Waals surface area contributed by atoms with E-state index < -0.39 is 5.97 Å². The van der Waals surface area contributed by atoms with Crippen LogP contribution in [0.15, 0.2) is 29.9 Å². The van der Waals surface area contributed by atoms with E-state index in [1.807, 2.05) is 0 Å². The van der Waals surface area contributed by atoms with Crippen LogP contribution in [0, 0.1) is 0 Å². The molecule has 2 heterocycles. The first kappa shape index (κ1) is 12.2.